The van der Waals surface area contributed by atoms with E-state index >= 15 is 0 Å². The Kier molecular flexibility index (Phi) is 9.94. The second-order valence-corrected chi connectivity index (χ2v) is 11.0. The molecule has 2 heterocycles. The van der Waals surface area contributed by atoms with Gasteiger partial charge in [-0.25, -0.2) is 9.97 Å². The molecule has 10 heteroatoms. The van der Waals surface area contributed by atoms with Crippen LogP contribution >= 0.6 is 23.4 Å². The summed E-state index contributed by atoms with van der Waals surface area (Å²) in [4.78, 5) is 26.0. The summed E-state index contributed by atoms with van der Waals surface area (Å²) in [5.74, 6) is 2.88. The maximum absolute atomic E-state index is 12.9. The van der Waals surface area contributed by atoms with E-state index in [1.165, 1.54) is 11.8 Å². The summed E-state index contributed by atoms with van der Waals surface area (Å²) in [6.07, 6.45) is 0.885. The molecule has 1 amide bonds. The van der Waals surface area contributed by atoms with Gasteiger partial charge in [-0.2, -0.15) is 0 Å². The summed E-state index contributed by atoms with van der Waals surface area (Å²) in [5.41, 5.74) is 2.89. The van der Waals surface area contributed by atoms with E-state index in [0.717, 1.165) is 29.9 Å². The summed E-state index contributed by atoms with van der Waals surface area (Å²) < 4.78 is 16.5. The zero-order valence-electron chi connectivity index (χ0n) is 23.0. The Bertz CT molecular complexity index is 1270. The van der Waals surface area contributed by atoms with Gasteiger partial charge in [0.25, 0.3) is 5.91 Å². The van der Waals surface area contributed by atoms with Crippen LogP contribution in [0.1, 0.15) is 35.3 Å². The molecule has 1 fully saturated rings. The number of hydrogen-bond donors (Lipinski definition) is 0. The maximum Gasteiger partial charge on any atom is 0.254 e. The second kappa shape index (κ2) is 13.4. The number of carbonyl (C=O) groups is 1. The molecule has 0 N–H and O–H groups in total. The molecule has 39 heavy (non-hydrogen) atoms. The Labute approximate surface area is 239 Å². The maximum atomic E-state index is 12.9. The Morgan fingerprint density at radius 2 is 1.69 bits per heavy atom. The fraction of sp³-hybridized carbons (Fsp3) is 0.414. The summed E-state index contributed by atoms with van der Waals surface area (Å²) in [6, 6.07) is 15.4. The normalized spacial score (nSPS) is 17.1. The van der Waals surface area contributed by atoms with Gasteiger partial charge in [0.2, 0.25) is 0 Å². The summed E-state index contributed by atoms with van der Waals surface area (Å²) in [6.45, 7) is 5.95. The van der Waals surface area contributed by atoms with Crippen LogP contribution in [-0.4, -0.2) is 73.9 Å². The first-order valence-corrected chi connectivity index (χ1v) is 14.2. The van der Waals surface area contributed by atoms with Crippen LogP contribution in [0.4, 0.5) is 5.82 Å². The first-order chi connectivity index (χ1) is 18.7. The van der Waals surface area contributed by atoms with Crippen molar-refractivity contribution in [3.05, 3.63) is 70.4 Å². The molecule has 3 aromatic rings. The SMILES string of the molecule is COc1ccc(CCN(C)c2cc(Cl)nc(SCc3ccc(C(=O)N4CC(C)OC(C)C4)cc3)n2)cc1OC. The van der Waals surface area contributed by atoms with Crippen molar-refractivity contribution in [3.63, 3.8) is 0 Å². The Morgan fingerprint density at radius 3 is 2.36 bits per heavy atom. The second-order valence-electron chi connectivity index (χ2n) is 9.65. The number of morpholine rings is 1. The lowest BCUT2D eigenvalue weighted by Crippen LogP contribution is -2.48. The van der Waals surface area contributed by atoms with Crippen molar-refractivity contribution in [2.75, 3.05) is 45.8 Å². The third kappa shape index (κ3) is 7.77. The molecule has 2 unspecified atom stereocenters. The van der Waals surface area contributed by atoms with Gasteiger partial charge < -0.3 is 24.0 Å². The van der Waals surface area contributed by atoms with Crippen molar-refractivity contribution in [3.8, 4) is 11.5 Å². The lowest BCUT2D eigenvalue weighted by Gasteiger charge is -2.35. The van der Waals surface area contributed by atoms with E-state index in [0.29, 0.717) is 46.2 Å². The number of benzene rings is 2. The molecular weight excluding hydrogens is 536 g/mol. The minimum atomic E-state index is 0.0372. The average Bonchev–Trinajstić information content (AvgIpc) is 2.93. The van der Waals surface area contributed by atoms with Crippen LogP contribution in [0, 0.1) is 0 Å². The van der Waals surface area contributed by atoms with E-state index in [1.54, 1.807) is 20.3 Å². The van der Waals surface area contributed by atoms with Crippen LogP contribution in [0.2, 0.25) is 5.15 Å². The number of amides is 1. The molecule has 2 atom stereocenters. The van der Waals surface area contributed by atoms with Gasteiger partial charge in [-0.3, -0.25) is 4.79 Å². The van der Waals surface area contributed by atoms with Crippen LogP contribution in [0.25, 0.3) is 0 Å². The molecule has 4 rings (SSSR count). The van der Waals surface area contributed by atoms with E-state index in [2.05, 4.69) is 9.88 Å². The summed E-state index contributed by atoms with van der Waals surface area (Å²) in [7, 11) is 5.25. The third-order valence-electron chi connectivity index (χ3n) is 6.51. The van der Waals surface area contributed by atoms with E-state index < -0.39 is 0 Å². The highest BCUT2D eigenvalue weighted by Crippen LogP contribution is 2.28. The molecule has 0 spiro atoms. The molecule has 0 saturated carbocycles. The number of nitrogens with zero attached hydrogens (tertiary/aromatic N) is 4. The number of aromatic nitrogens is 2. The van der Waals surface area contributed by atoms with Gasteiger partial charge in [-0.05, 0) is 55.7 Å². The number of carbonyl (C=O) groups excluding carboxylic acids is 1. The van der Waals surface area contributed by atoms with Gasteiger partial charge in [-0.15, -0.1) is 0 Å². The first kappa shape index (κ1) is 29.0. The number of rotatable bonds is 10. The molecule has 208 valence electrons. The molecule has 0 bridgehead atoms. The molecule has 8 nitrogen and oxygen atoms in total. The number of hydrogen-bond acceptors (Lipinski definition) is 8. The standard InChI is InChI=1S/C29H35ClN4O4S/c1-19-16-34(17-20(2)38-19)28(35)23-9-6-22(7-10-23)18-39-29-31-26(30)15-27(32-29)33(3)13-12-21-8-11-24(36-4)25(14-21)37-5/h6-11,14-15,19-20H,12-13,16-18H2,1-5H3. The molecule has 1 aromatic heterocycles. The monoisotopic (exact) mass is 570 g/mol. The largest absolute Gasteiger partial charge is 0.493 e. The van der Waals surface area contributed by atoms with Gasteiger partial charge in [-0.1, -0.05) is 41.6 Å². The lowest BCUT2D eigenvalue weighted by molar-refractivity contribution is -0.0586. The molecule has 2 aromatic carbocycles. The van der Waals surface area contributed by atoms with Crippen molar-refractivity contribution in [2.24, 2.45) is 0 Å². The smallest absolute Gasteiger partial charge is 0.254 e. The number of anilines is 1. The van der Waals surface area contributed by atoms with Crippen LogP contribution in [0.15, 0.2) is 53.7 Å². The van der Waals surface area contributed by atoms with E-state index in [-0.39, 0.29) is 18.1 Å². The molecule has 0 radical (unpaired) electrons. The highest BCUT2D eigenvalue weighted by Gasteiger charge is 2.26. The third-order valence-corrected chi connectivity index (χ3v) is 7.62. The van der Waals surface area contributed by atoms with Gasteiger partial charge in [0.15, 0.2) is 16.7 Å². The Morgan fingerprint density at radius 1 is 1.03 bits per heavy atom. The highest BCUT2D eigenvalue weighted by atomic mass is 35.5. The molecule has 1 saturated heterocycles. The first-order valence-electron chi connectivity index (χ1n) is 12.9. The minimum Gasteiger partial charge on any atom is -0.493 e. The summed E-state index contributed by atoms with van der Waals surface area (Å²) >= 11 is 7.85. The lowest BCUT2D eigenvalue weighted by atomic mass is 10.1. The molecule has 1 aliphatic heterocycles. The molecule has 0 aliphatic carbocycles. The predicted octanol–water partition coefficient (Wildman–Crippen LogP) is 5.37. The Hall–Kier alpha value is -3.01. The highest BCUT2D eigenvalue weighted by molar-refractivity contribution is 7.98. The number of likely N-dealkylation sites (N-methyl/N-ethyl adjacent to an activating group) is 1. The van der Waals surface area contributed by atoms with Crippen LogP contribution < -0.4 is 14.4 Å². The van der Waals surface area contributed by atoms with Crippen LogP contribution in [0.5, 0.6) is 11.5 Å². The van der Waals surface area contributed by atoms with E-state index in [1.807, 2.05) is 68.3 Å². The van der Waals surface area contributed by atoms with Gasteiger partial charge >= 0.3 is 0 Å². The number of methoxy groups -OCH3 is 2. The predicted molar refractivity (Wildman–Crippen MR) is 155 cm³/mol. The van der Waals surface area contributed by atoms with Crippen LogP contribution in [-0.2, 0) is 16.9 Å². The number of halogens is 1. The topological polar surface area (TPSA) is 77.0 Å². The number of thioether (sulfide) groups is 1. The van der Waals surface area contributed by atoms with Crippen molar-refractivity contribution in [1.82, 2.24) is 14.9 Å². The fourth-order valence-electron chi connectivity index (χ4n) is 4.51. The molecular formula is C29H35ClN4O4S. The summed E-state index contributed by atoms with van der Waals surface area (Å²) in [5, 5.41) is 1.00. The number of ether oxygens (including phenoxy) is 3. The van der Waals surface area contributed by atoms with Crippen LogP contribution in [0.3, 0.4) is 0 Å². The van der Waals surface area contributed by atoms with Crippen molar-refractivity contribution in [2.45, 2.75) is 43.4 Å². The zero-order valence-corrected chi connectivity index (χ0v) is 24.6. The minimum absolute atomic E-state index is 0.0372. The van der Waals surface area contributed by atoms with Gasteiger partial charge in [0.1, 0.15) is 11.0 Å². The fourth-order valence-corrected chi connectivity index (χ4v) is 5.55. The van der Waals surface area contributed by atoms with Crippen molar-refractivity contribution in [1.29, 1.82) is 0 Å². The quantitative estimate of drug-likeness (QED) is 0.183. The van der Waals surface area contributed by atoms with Gasteiger partial charge in [0, 0.05) is 44.1 Å². The average molecular weight is 571 g/mol. The zero-order chi connectivity index (χ0) is 27.9. The Balaban J connectivity index is 1.34. The van der Waals surface area contributed by atoms with Gasteiger partial charge in [0.05, 0.1) is 26.4 Å². The van der Waals surface area contributed by atoms with E-state index in [9.17, 15) is 4.79 Å². The molecule has 1 aliphatic rings. The van der Waals surface area contributed by atoms with Crippen molar-refractivity contribution < 1.29 is 19.0 Å². The van der Waals surface area contributed by atoms with E-state index in [4.69, 9.17) is 30.8 Å². The van der Waals surface area contributed by atoms with Crippen molar-refractivity contribution >= 4 is 35.1 Å².